The van der Waals surface area contributed by atoms with E-state index in [9.17, 15) is 10.1 Å². The van der Waals surface area contributed by atoms with Gasteiger partial charge in [-0.25, -0.2) is 0 Å². The van der Waals surface area contributed by atoms with E-state index in [1.54, 1.807) is 0 Å². The van der Waals surface area contributed by atoms with Crippen molar-refractivity contribution < 1.29 is 9.66 Å². The number of hydrogen-bond acceptors (Lipinski definition) is 4. The second-order valence-electron chi connectivity index (χ2n) is 2.23. The van der Waals surface area contributed by atoms with Crippen LogP contribution in [0.3, 0.4) is 0 Å². The Labute approximate surface area is 88.6 Å². The van der Waals surface area contributed by atoms with E-state index in [1.807, 2.05) is 0 Å². The number of ether oxygens (including phenoxy) is 1. The van der Waals surface area contributed by atoms with Crippen LogP contribution in [0.15, 0.2) is 21.5 Å². The lowest BCUT2D eigenvalue weighted by molar-refractivity contribution is -0.386. The van der Waals surface area contributed by atoms with Gasteiger partial charge in [-0.1, -0.05) is 0 Å². The summed E-state index contributed by atoms with van der Waals surface area (Å²) >= 11 is 7.23. The predicted molar refractivity (Wildman–Crippen MR) is 54.6 cm³/mol. The number of nitro benzene ring substituents is 1. The lowest BCUT2D eigenvalue weighted by Crippen LogP contribution is -1.93. The van der Waals surface area contributed by atoms with Crippen LogP contribution in [0.1, 0.15) is 0 Å². The molecule has 13 heavy (non-hydrogen) atoms. The molecule has 70 valence electrons. The first-order chi connectivity index (χ1) is 6.06. The van der Waals surface area contributed by atoms with Gasteiger partial charge in [-0.3, -0.25) is 10.1 Å². The second-order valence-corrected chi connectivity index (χ2v) is 3.57. The van der Waals surface area contributed by atoms with E-state index in [2.05, 4.69) is 28.6 Å². The summed E-state index contributed by atoms with van der Waals surface area (Å²) < 4.78 is 5.50. The van der Waals surface area contributed by atoms with E-state index in [-0.39, 0.29) is 11.4 Å². The number of thiol groups is 1. The first kappa shape index (κ1) is 10.3. The summed E-state index contributed by atoms with van der Waals surface area (Å²) in [7, 11) is 1.38. The van der Waals surface area contributed by atoms with Crippen LogP contribution >= 0.6 is 28.6 Å². The van der Waals surface area contributed by atoms with Gasteiger partial charge in [0, 0.05) is 21.5 Å². The van der Waals surface area contributed by atoms with Crippen LogP contribution in [0.25, 0.3) is 0 Å². The van der Waals surface area contributed by atoms with Gasteiger partial charge in [-0.15, -0.1) is 12.6 Å². The Morgan fingerprint density at radius 2 is 2.23 bits per heavy atom. The fraction of sp³-hybridized carbons (Fsp3) is 0.143. The highest BCUT2D eigenvalue weighted by Gasteiger charge is 2.16. The zero-order chi connectivity index (χ0) is 10.0. The minimum atomic E-state index is -0.509. The summed E-state index contributed by atoms with van der Waals surface area (Å²) in [5, 5.41) is 10.5. The zero-order valence-electron chi connectivity index (χ0n) is 6.65. The Morgan fingerprint density at radius 3 is 2.69 bits per heavy atom. The van der Waals surface area contributed by atoms with Crippen molar-refractivity contribution in [2.45, 2.75) is 4.90 Å². The van der Waals surface area contributed by atoms with E-state index in [0.717, 1.165) is 0 Å². The lowest BCUT2D eigenvalue weighted by Gasteiger charge is -2.03. The van der Waals surface area contributed by atoms with E-state index in [4.69, 9.17) is 4.74 Å². The summed E-state index contributed by atoms with van der Waals surface area (Å²) in [6.07, 6.45) is 0. The van der Waals surface area contributed by atoms with Gasteiger partial charge in [-0.05, 0) is 15.9 Å². The third-order valence-electron chi connectivity index (χ3n) is 1.45. The summed E-state index contributed by atoms with van der Waals surface area (Å²) in [6.45, 7) is 0. The Kier molecular flexibility index (Phi) is 3.16. The average molecular weight is 264 g/mol. The SMILES string of the molecule is COc1cc(Br)c(S)cc1[N+](=O)[O-]. The highest BCUT2D eigenvalue weighted by molar-refractivity contribution is 9.10. The molecule has 0 saturated carbocycles. The van der Waals surface area contributed by atoms with Gasteiger partial charge < -0.3 is 4.74 Å². The van der Waals surface area contributed by atoms with Gasteiger partial charge in [0.1, 0.15) is 0 Å². The topological polar surface area (TPSA) is 52.4 Å². The fourth-order valence-electron chi connectivity index (χ4n) is 0.839. The van der Waals surface area contributed by atoms with Crippen LogP contribution in [-0.2, 0) is 0 Å². The van der Waals surface area contributed by atoms with Crippen molar-refractivity contribution in [1.29, 1.82) is 0 Å². The fourth-order valence-corrected chi connectivity index (χ4v) is 1.35. The number of hydrogen-bond donors (Lipinski definition) is 1. The van der Waals surface area contributed by atoms with E-state index in [1.165, 1.54) is 19.2 Å². The van der Waals surface area contributed by atoms with Crippen LogP contribution in [0.5, 0.6) is 5.75 Å². The summed E-state index contributed by atoms with van der Waals surface area (Å²) in [5.74, 6) is 0.217. The quantitative estimate of drug-likeness (QED) is 0.507. The largest absolute Gasteiger partial charge is 0.490 e. The van der Waals surface area contributed by atoms with Gasteiger partial charge in [0.05, 0.1) is 12.0 Å². The number of benzene rings is 1. The highest BCUT2D eigenvalue weighted by atomic mass is 79.9. The van der Waals surface area contributed by atoms with E-state index < -0.39 is 4.92 Å². The molecule has 0 atom stereocenters. The van der Waals surface area contributed by atoms with Crippen molar-refractivity contribution in [3.8, 4) is 5.75 Å². The maximum Gasteiger partial charge on any atom is 0.312 e. The van der Waals surface area contributed by atoms with Crippen molar-refractivity contribution >= 4 is 34.2 Å². The Hall–Kier alpha value is -0.750. The van der Waals surface area contributed by atoms with Crippen molar-refractivity contribution in [2.75, 3.05) is 7.11 Å². The average Bonchev–Trinajstić information content (AvgIpc) is 2.08. The number of halogens is 1. The summed E-state index contributed by atoms with van der Waals surface area (Å²) in [4.78, 5) is 10.5. The Balaban J connectivity index is 3.33. The maximum atomic E-state index is 10.5. The molecule has 0 aliphatic carbocycles. The minimum Gasteiger partial charge on any atom is -0.490 e. The molecule has 0 bridgehead atoms. The first-order valence-electron chi connectivity index (χ1n) is 3.27. The highest BCUT2D eigenvalue weighted by Crippen LogP contribution is 2.34. The van der Waals surface area contributed by atoms with Crippen molar-refractivity contribution in [3.05, 3.63) is 26.7 Å². The van der Waals surface area contributed by atoms with E-state index >= 15 is 0 Å². The number of methoxy groups -OCH3 is 1. The minimum absolute atomic E-state index is 0.0873. The molecule has 0 N–H and O–H groups in total. The smallest absolute Gasteiger partial charge is 0.312 e. The molecule has 0 spiro atoms. The molecule has 1 aromatic rings. The predicted octanol–water partition coefficient (Wildman–Crippen LogP) is 2.65. The molecule has 0 aromatic heterocycles. The van der Waals surface area contributed by atoms with Crippen molar-refractivity contribution in [3.63, 3.8) is 0 Å². The van der Waals surface area contributed by atoms with Crippen LogP contribution in [0.4, 0.5) is 5.69 Å². The molecule has 0 heterocycles. The first-order valence-corrected chi connectivity index (χ1v) is 4.51. The number of rotatable bonds is 2. The third kappa shape index (κ3) is 2.13. The van der Waals surface area contributed by atoms with Gasteiger partial charge >= 0.3 is 5.69 Å². The molecule has 0 saturated heterocycles. The van der Waals surface area contributed by atoms with Gasteiger partial charge in [0.15, 0.2) is 5.75 Å². The van der Waals surface area contributed by atoms with Crippen molar-refractivity contribution in [1.82, 2.24) is 0 Å². The second kappa shape index (κ2) is 3.97. The van der Waals surface area contributed by atoms with Crippen LogP contribution in [-0.4, -0.2) is 12.0 Å². The molecule has 0 aliphatic rings. The zero-order valence-corrected chi connectivity index (χ0v) is 9.13. The molecule has 0 radical (unpaired) electrons. The standard InChI is InChI=1S/C7H6BrNO3S/c1-12-6-2-4(8)7(13)3-5(6)9(10)11/h2-3,13H,1H3. The van der Waals surface area contributed by atoms with Gasteiger partial charge in [-0.2, -0.15) is 0 Å². The summed E-state index contributed by atoms with van der Waals surface area (Å²) in [6, 6.07) is 2.85. The normalized spacial score (nSPS) is 9.77. The summed E-state index contributed by atoms with van der Waals surface area (Å²) in [5.41, 5.74) is -0.0873. The number of nitrogens with zero attached hydrogens (tertiary/aromatic N) is 1. The molecular formula is C7H6BrNO3S. The molecule has 4 nitrogen and oxygen atoms in total. The Bertz CT molecular complexity index is 356. The molecule has 0 aliphatic heterocycles. The molecule has 1 aromatic carbocycles. The molecule has 0 fully saturated rings. The maximum absolute atomic E-state index is 10.5. The van der Waals surface area contributed by atoms with Crippen LogP contribution in [0, 0.1) is 10.1 Å². The van der Waals surface area contributed by atoms with Crippen LogP contribution < -0.4 is 4.74 Å². The van der Waals surface area contributed by atoms with Crippen molar-refractivity contribution in [2.24, 2.45) is 0 Å². The third-order valence-corrected chi connectivity index (χ3v) is 2.78. The molecule has 1 rings (SSSR count). The van der Waals surface area contributed by atoms with E-state index in [0.29, 0.717) is 9.37 Å². The van der Waals surface area contributed by atoms with Gasteiger partial charge in [0.25, 0.3) is 0 Å². The van der Waals surface area contributed by atoms with Crippen LogP contribution in [0.2, 0.25) is 0 Å². The Morgan fingerprint density at radius 1 is 1.62 bits per heavy atom. The number of nitro groups is 1. The monoisotopic (exact) mass is 263 g/mol. The van der Waals surface area contributed by atoms with Gasteiger partial charge in [0.2, 0.25) is 0 Å². The molecular weight excluding hydrogens is 258 g/mol. The molecule has 6 heteroatoms. The molecule has 0 amide bonds. The molecule has 0 unspecified atom stereocenters. The lowest BCUT2D eigenvalue weighted by atomic mass is 10.3.